The summed E-state index contributed by atoms with van der Waals surface area (Å²) in [4.78, 5) is 24.8. The van der Waals surface area contributed by atoms with Crippen LogP contribution < -0.4 is 0 Å². The number of benzene rings is 2. The Morgan fingerprint density at radius 3 is 1.91 bits per heavy atom. The van der Waals surface area contributed by atoms with Crippen molar-refractivity contribution in [2.75, 3.05) is 0 Å². The van der Waals surface area contributed by atoms with Crippen LogP contribution in [0.4, 0.5) is 0 Å². The van der Waals surface area contributed by atoms with Gasteiger partial charge in [-0.1, -0.05) is 74.0 Å². The van der Waals surface area contributed by atoms with Crippen LogP contribution in [-0.2, 0) is 0 Å². The van der Waals surface area contributed by atoms with Crippen LogP contribution in [-0.4, -0.2) is 11.6 Å². The van der Waals surface area contributed by atoms with Gasteiger partial charge in [0.2, 0.25) is 0 Å². The largest absolute Gasteiger partial charge is 0.294 e. The molecule has 0 aliphatic heterocycles. The molecule has 0 saturated heterocycles. The minimum absolute atomic E-state index is 0.0694. The Hall–Kier alpha value is -2.22. The highest BCUT2D eigenvalue weighted by Crippen LogP contribution is 2.21. The number of rotatable bonds is 8. The van der Waals surface area contributed by atoms with Gasteiger partial charge in [-0.25, -0.2) is 0 Å². The molecule has 0 radical (unpaired) electrons. The molecule has 0 amide bonds. The second-order valence-corrected chi connectivity index (χ2v) is 5.54. The van der Waals surface area contributed by atoms with Crippen molar-refractivity contribution in [2.45, 2.75) is 32.6 Å². The highest BCUT2D eigenvalue weighted by atomic mass is 16.1. The van der Waals surface area contributed by atoms with Gasteiger partial charge in [-0.15, -0.1) is 0 Å². The van der Waals surface area contributed by atoms with E-state index < -0.39 is 0 Å². The normalized spacial score (nSPS) is 11.9. The molecule has 2 aromatic carbocycles. The molecule has 0 aliphatic rings. The lowest BCUT2D eigenvalue weighted by molar-refractivity contribution is 0.0889. The SMILES string of the molecule is CCCC(CCC(=O)c1ccccc1)C(=O)c1ccccc1. The van der Waals surface area contributed by atoms with Gasteiger partial charge in [0, 0.05) is 23.5 Å². The molecule has 0 aromatic heterocycles. The maximum atomic E-state index is 12.6. The predicted molar refractivity (Wildman–Crippen MR) is 89.2 cm³/mol. The van der Waals surface area contributed by atoms with Gasteiger partial charge in [0.1, 0.15) is 0 Å². The molecule has 2 nitrogen and oxygen atoms in total. The first-order chi connectivity index (χ1) is 10.7. The van der Waals surface area contributed by atoms with Gasteiger partial charge in [0.05, 0.1) is 0 Å². The van der Waals surface area contributed by atoms with Gasteiger partial charge >= 0.3 is 0 Å². The Labute approximate surface area is 132 Å². The number of hydrogen-bond donors (Lipinski definition) is 0. The quantitative estimate of drug-likeness (QED) is 0.646. The fraction of sp³-hybridized carbons (Fsp3) is 0.300. The van der Waals surface area contributed by atoms with Gasteiger partial charge < -0.3 is 0 Å². The molecule has 0 heterocycles. The zero-order valence-electron chi connectivity index (χ0n) is 13.0. The molecule has 1 unspecified atom stereocenters. The van der Waals surface area contributed by atoms with Gasteiger partial charge in [-0.3, -0.25) is 9.59 Å². The second-order valence-electron chi connectivity index (χ2n) is 5.54. The van der Waals surface area contributed by atoms with Crippen LogP contribution in [0.2, 0.25) is 0 Å². The maximum absolute atomic E-state index is 12.6. The van der Waals surface area contributed by atoms with E-state index in [0.29, 0.717) is 12.8 Å². The molecule has 0 spiro atoms. The van der Waals surface area contributed by atoms with Crippen LogP contribution >= 0.6 is 0 Å². The highest BCUT2D eigenvalue weighted by molar-refractivity contribution is 5.99. The van der Waals surface area contributed by atoms with Gasteiger partial charge in [-0.2, -0.15) is 0 Å². The zero-order valence-corrected chi connectivity index (χ0v) is 13.0. The van der Waals surface area contributed by atoms with E-state index in [0.717, 1.165) is 24.0 Å². The second kappa shape index (κ2) is 8.28. The minimum atomic E-state index is -0.0694. The zero-order chi connectivity index (χ0) is 15.8. The van der Waals surface area contributed by atoms with E-state index >= 15 is 0 Å². The Balaban J connectivity index is 2.00. The predicted octanol–water partition coefficient (Wildman–Crippen LogP) is 4.95. The summed E-state index contributed by atoms with van der Waals surface area (Å²) in [7, 11) is 0. The summed E-state index contributed by atoms with van der Waals surface area (Å²) >= 11 is 0. The number of carbonyl (C=O) groups excluding carboxylic acids is 2. The summed E-state index contributed by atoms with van der Waals surface area (Å²) in [6.45, 7) is 2.07. The maximum Gasteiger partial charge on any atom is 0.165 e. The number of ketones is 2. The molecular formula is C20H22O2. The number of hydrogen-bond acceptors (Lipinski definition) is 2. The molecule has 2 heteroatoms. The van der Waals surface area contributed by atoms with Crippen LogP contribution in [0.5, 0.6) is 0 Å². The monoisotopic (exact) mass is 294 g/mol. The fourth-order valence-electron chi connectivity index (χ4n) is 2.67. The highest BCUT2D eigenvalue weighted by Gasteiger charge is 2.20. The smallest absolute Gasteiger partial charge is 0.165 e. The fourth-order valence-corrected chi connectivity index (χ4v) is 2.67. The minimum Gasteiger partial charge on any atom is -0.294 e. The van der Waals surface area contributed by atoms with E-state index in [1.54, 1.807) is 0 Å². The van der Waals surface area contributed by atoms with Crippen LogP contribution in [0.3, 0.4) is 0 Å². The lowest BCUT2D eigenvalue weighted by Crippen LogP contribution is -2.16. The molecule has 22 heavy (non-hydrogen) atoms. The van der Waals surface area contributed by atoms with Crippen LogP contribution in [0.1, 0.15) is 53.3 Å². The molecule has 0 saturated carbocycles. The Kier molecular flexibility index (Phi) is 6.08. The summed E-state index contributed by atoms with van der Waals surface area (Å²) in [5, 5.41) is 0. The van der Waals surface area contributed by atoms with Crippen molar-refractivity contribution in [3.05, 3.63) is 71.8 Å². The van der Waals surface area contributed by atoms with E-state index in [1.165, 1.54) is 0 Å². The van der Waals surface area contributed by atoms with Crippen LogP contribution in [0.25, 0.3) is 0 Å². The third kappa shape index (κ3) is 4.39. The molecular weight excluding hydrogens is 272 g/mol. The summed E-state index contributed by atoms with van der Waals surface area (Å²) in [6, 6.07) is 18.7. The lowest BCUT2D eigenvalue weighted by atomic mass is 9.88. The molecule has 2 rings (SSSR count). The summed E-state index contributed by atoms with van der Waals surface area (Å²) < 4.78 is 0. The van der Waals surface area contributed by atoms with Gasteiger partial charge in [-0.05, 0) is 12.8 Å². The first-order valence-electron chi connectivity index (χ1n) is 7.90. The Morgan fingerprint density at radius 2 is 1.36 bits per heavy atom. The van der Waals surface area contributed by atoms with Gasteiger partial charge in [0.15, 0.2) is 11.6 Å². The molecule has 0 N–H and O–H groups in total. The van der Waals surface area contributed by atoms with Crippen molar-refractivity contribution in [3.63, 3.8) is 0 Å². The first kappa shape index (κ1) is 16.2. The Bertz CT molecular complexity index is 602. The van der Waals surface area contributed by atoms with Gasteiger partial charge in [0.25, 0.3) is 0 Å². The van der Waals surface area contributed by atoms with Crippen molar-refractivity contribution >= 4 is 11.6 Å². The molecule has 0 bridgehead atoms. The first-order valence-corrected chi connectivity index (χ1v) is 7.90. The summed E-state index contributed by atoms with van der Waals surface area (Å²) in [5.74, 6) is 0.200. The van der Waals surface area contributed by atoms with Crippen molar-refractivity contribution in [1.82, 2.24) is 0 Å². The third-order valence-corrected chi connectivity index (χ3v) is 3.88. The lowest BCUT2D eigenvalue weighted by Gasteiger charge is -2.14. The molecule has 0 fully saturated rings. The van der Waals surface area contributed by atoms with Crippen molar-refractivity contribution in [2.24, 2.45) is 5.92 Å². The molecule has 2 aromatic rings. The number of Topliss-reactive ketones (excluding diaryl/α,β-unsaturated/α-hetero) is 2. The van der Waals surface area contributed by atoms with E-state index in [2.05, 4.69) is 6.92 Å². The molecule has 1 atom stereocenters. The molecule has 114 valence electrons. The van der Waals surface area contributed by atoms with E-state index in [4.69, 9.17) is 0 Å². The van der Waals surface area contributed by atoms with Crippen molar-refractivity contribution < 1.29 is 9.59 Å². The number of carbonyl (C=O) groups is 2. The van der Waals surface area contributed by atoms with Crippen LogP contribution in [0, 0.1) is 5.92 Å². The third-order valence-electron chi connectivity index (χ3n) is 3.88. The van der Waals surface area contributed by atoms with E-state index in [-0.39, 0.29) is 17.5 Å². The van der Waals surface area contributed by atoms with Crippen molar-refractivity contribution in [3.8, 4) is 0 Å². The van der Waals surface area contributed by atoms with E-state index in [1.807, 2.05) is 60.7 Å². The average Bonchev–Trinajstić information content (AvgIpc) is 2.59. The summed E-state index contributed by atoms with van der Waals surface area (Å²) in [5.41, 5.74) is 1.47. The molecule has 0 aliphatic carbocycles. The van der Waals surface area contributed by atoms with Crippen molar-refractivity contribution in [1.29, 1.82) is 0 Å². The standard InChI is InChI=1S/C20H22O2/c1-2-9-17(20(22)18-12-7-4-8-13-18)14-15-19(21)16-10-5-3-6-11-16/h3-8,10-13,17H,2,9,14-15H2,1H3. The Morgan fingerprint density at radius 1 is 0.818 bits per heavy atom. The topological polar surface area (TPSA) is 34.1 Å². The van der Waals surface area contributed by atoms with E-state index in [9.17, 15) is 9.59 Å². The van der Waals surface area contributed by atoms with Crippen LogP contribution in [0.15, 0.2) is 60.7 Å². The average molecular weight is 294 g/mol. The summed E-state index contributed by atoms with van der Waals surface area (Å²) in [6.07, 6.45) is 2.82.